The molecule has 4 rings (SSSR count). The summed E-state index contributed by atoms with van der Waals surface area (Å²) >= 11 is 0. The number of likely N-dealkylation sites (tertiary alicyclic amines) is 1. The molecule has 0 unspecified atom stereocenters. The molecule has 1 aromatic rings. The van der Waals surface area contributed by atoms with Gasteiger partial charge in [0.25, 0.3) is 0 Å². The van der Waals surface area contributed by atoms with Gasteiger partial charge in [0.2, 0.25) is 0 Å². The number of aromatic nitrogens is 1. The number of rotatable bonds is 6. The Morgan fingerprint density at radius 2 is 2.19 bits per heavy atom. The van der Waals surface area contributed by atoms with Gasteiger partial charge in [0.15, 0.2) is 0 Å². The lowest BCUT2D eigenvalue weighted by Crippen LogP contribution is -2.35. The lowest BCUT2D eigenvalue weighted by atomic mass is 9.82. The molecule has 4 nitrogen and oxygen atoms in total. The van der Waals surface area contributed by atoms with Gasteiger partial charge in [-0.15, -0.1) is 0 Å². The van der Waals surface area contributed by atoms with Gasteiger partial charge in [0, 0.05) is 50.0 Å². The molecule has 3 aliphatic rings. The van der Waals surface area contributed by atoms with Gasteiger partial charge in [-0.05, 0) is 36.5 Å². The fourth-order valence-corrected chi connectivity index (χ4v) is 3.73. The van der Waals surface area contributed by atoms with Crippen LogP contribution in [0.1, 0.15) is 18.4 Å². The highest BCUT2D eigenvalue weighted by Crippen LogP contribution is 2.42. The normalized spacial score (nSPS) is 32.5. The molecule has 1 aromatic heterocycles. The van der Waals surface area contributed by atoms with E-state index in [0.717, 1.165) is 52.0 Å². The molecule has 21 heavy (non-hydrogen) atoms. The summed E-state index contributed by atoms with van der Waals surface area (Å²) in [6.45, 7) is 6.86. The van der Waals surface area contributed by atoms with E-state index in [2.05, 4.69) is 22.0 Å². The zero-order valence-electron chi connectivity index (χ0n) is 12.5. The predicted octanol–water partition coefficient (Wildman–Crippen LogP) is 1.96. The summed E-state index contributed by atoms with van der Waals surface area (Å²) in [5.41, 5.74) is 1.59. The number of ether oxygens (including phenoxy) is 2. The molecule has 0 amide bonds. The lowest BCUT2D eigenvalue weighted by Gasteiger charge is -2.27. The van der Waals surface area contributed by atoms with Crippen LogP contribution in [0.3, 0.4) is 0 Å². The average Bonchev–Trinajstić information content (AvgIpc) is 3.13. The van der Waals surface area contributed by atoms with E-state index in [1.165, 1.54) is 18.4 Å². The third kappa shape index (κ3) is 2.98. The molecular formula is C17H24N2O2. The van der Waals surface area contributed by atoms with Gasteiger partial charge in [-0.2, -0.15) is 0 Å². The summed E-state index contributed by atoms with van der Waals surface area (Å²) in [7, 11) is 0. The van der Waals surface area contributed by atoms with Crippen LogP contribution in [0.25, 0.3) is 0 Å². The van der Waals surface area contributed by atoms with Gasteiger partial charge in [-0.1, -0.05) is 0 Å². The largest absolute Gasteiger partial charge is 0.380 e. The maximum atomic E-state index is 6.03. The van der Waals surface area contributed by atoms with Gasteiger partial charge in [0.1, 0.15) is 0 Å². The topological polar surface area (TPSA) is 34.6 Å². The molecule has 2 saturated heterocycles. The second-order valence-corrected chi connectivity index (χ2v) is 7.06. The van der Waals surface area contributed by atoms with Crippen LogP contribution in [0, 0.1) is 17.3 Å². The van der Waals surface area contributed by atoms with Crippen molar-refractivity contribution in [3.8, 4) is 0 Å². The molecule has 2 aliphatic heterocycles. The summed E-state index contributed by atoms with van der Waals surface area (Å²) in [4.78, 5) is 6.65. The maximum Gasteiger partial charge on any atom is 0.0561 e. The van der Waals surface area contributed by atoms with E-state index in [4.69, 9.17) is 9.47 Å². The first-order valence-electron chi connectivity index (χ1n) is 8.11. The van der Waals surface area contributed by atoms with E-state index in [1.54, 1.807) is 0 Å². The Bertz CT molecular complexity index is 477. The Balaban J connectivity index is 1.36. The van der Waals surface area contributed by atoms with Crippen molar-refractivity contribution < 1.29 is 9.47 Å². The fraction of sp³-hybridized carbons (Fsp3) is 0.706. The van der Waals surface area contributed by atoms with Crippen molar-refractivity contribution in [2.45, 2.75) is 19.4 Å². The molecule has 3 fully saturated rings. The first-order chi connectivity index (χ1) is 10.3. The van der Waals surface area contributed by atoms with Crippen molar-refractivity contribution in [1.29, 1.82) is 0 Å². The second-order valence-electron chi connectivity index (χ2n) is 7.06. The molecule has 0 spiro atoms. The Morgan fingerprint density at radius 3 is 3.00 bits per heavy atom. The molecular weight excluding hydrogens is 264 g/mol. The Kier molecular flexibility index (Phi) is 3.69. The highest BCUT2D eigenvalue weighted by Gasteiger charge is 2.50. The molecule has 114 valence electrons. The highest BCUT2D eigenvalue weighted by atomic mass is 16.5. The number of pyridine rings is 1. The van der Waals surface area contributed by atoms with E-state index >= 15 is 0 Å². The van der Waals surface area contributed by atoms with Crippen LogP contribution in [0.5, 0.6) is 0 Å². The monoisotopic (exact) mass is 288 g/mol. The van der Waals surface area contributed by atoms with Crippen molar-refractivity contribution in [3.05, 3.63) is 30.1 Å². The summed E-state index contributed by atoms with van der Waals surface area (Å²) in [5, 5.41) is 0. The van der Waals surface area contributed by atoms with Crippen molar-refractivity contribution in [1.82, 2.24) is 9.88 Å². The molecule has 1 saturated carbocycles. The van der Waals surface area contributed by atoms with Gasteiger partial charge < -0.3 is 9.47 Å². The molecule has 0 radical (unpaired) electrons. The number of fused-ring (bicyclic) bond motifs is 1. The molecule has 0 bridgehead atoms. The zero-order valence-corrected chi connectivity index (χ0v) is 12.5. The third-order valence-corrected chi connectivity index (χ3v) is 5.19. The van der Waals surface area contributed by atoms with Gasteiger partial charge in [0.05, 0.1) is 19.8 Å². The van der Waals surface area contributed by atoms with Crippen LogP contribution < -0.4 is 0 Å². The minimum Gasteiger partial charge on any atom is -0.380 e. The van der Waals surface area contributed by atoms with E-state index in [1.807, 2.05) is 12.4 Å². The van der Waals surface area contributed by atoms with Gasteiger partial charge in [-0.3, -0.25) is 9.88 Å². The minimum atomic E-state index is 0.238. The summed E-state index contributed by atoms with van der Waals surface area (Å²) in [5.74, 6) is 1.48. The summed E-state index contributed by atoms with van der Waals surface area (Å²) < 4.78 is 11.8. The van der Waals surface area contributed by atoms with E-state index in [9.17, 15) is 0 Å². The zero-order chi connectivity index (χ0) is 14.1. The van der Waals surface area contributed by atoms with Crippen LogP contribution in [0.4, 0.5) is 0 Å². The molecule has 0 N–H and O–H groups in total. The van der Waals surface area contributed by atoms with Crippen LogP contribution in [0.2, 0.25) is 0 Å². The molecule has 4 heteroatoms. The molecule has 3 heterocycles. The summed E-state index contributed by atoms with van der Waals surface area (Å²) in [6.07, 6.45) is 6.48. The van der Waals surface area contributed by atoms with Crippen LogP contribution in [-0.2, 0) is 16.0 Å². The van der Waals surface area contributed by atoms with Gasteiger partial charge >= 0.3 is 0 Å². The van der Waals surface area contributed by atoms with E-state index in [-0.39, 0.29) is 5.41 Å². The predicted molar refractivity (Wildman–Crippen MR) is 79.8 cm³/mol. The minimum absolute atomic E-state index is 0.238. The van der Waals surface area contributed by atoms with E-state index < -0.39 is 0 Å². The lowest BCUT2D eigenvalue weighted by molar-refractivity contribution is 0.0221. The Labute approximate surface area is 126 Å². The average molecular weight is 288 g/mol. The van der Waals surface area contributed by atoms with Gasteiger partial charge in [-0.25, -0.2) is 0 Å². The van der Waals surface area contributed by atoms with Crippen LogP contribution in [0.15, 0.2) is 24.5 Å². The number of hydrogen-bond acceptors (Lipinski definition) is 4. The number of nitrogens with zero attached hydrogens (tertiary/aromatic N) is 2. The van der Waals surface area contributed by atoms with Crippen molar-refractivity contribution >= 4 is 0 Å². The third-order valence-electron chi connectivity index (χ3n) is 5.19. The first kappa shape index (κ1) is 13.7. The SMILES string of the molecule is c1cc(CN2C[C@@H]3COC[C@]3(COCC3CC3)C2)ccn1. The molecule has 2 atom stereocenters. The van der Waals surface area contributed by atoms with Crippen molar-refractivity contribution in [2.24, 2.45) is 17.3 Å². The number of hydrogen-bond donors (Lipinski definition) is 0. The van der Waals surface area contributed by atoms with E-state index in [0.29, 0.717) is 5.92 Å². The standard InChI is InChI=1S/C17H24N2O2/c1-2-15(1)9-20-12-17-11-19(8-16(17)10-21-13-17)7-14-3-5-18-6-4-14/h3-6,15-16H,1-2,7-13H2/t16-,17-/m1/s1. The quantitative estimate of drug-likeness (QED) is 0.801. The maximum absolute atomic E-state index is 6.03. The smallest absolute Gasteiger partial charge is 0.0561 e. The fourth-order valence-electron chi connectivity index (χ4n) is 3.73. The molecule has 1 aliphatic carbocycles. The van der Waals surface area contributed by atoms with Crippen LogP contribution in [-0.4, -0.2) is 49.4 Å². The van der Waals surface area contributed by atoms with Crippen molar-refractivity contribution in [3.63, 3.8) is 0 Å². The highest BCUT2D eigenvalue weighted by molar-refractivity contribution is 5.11. The van der Waals surface area contributed by atoms with Crippen LogP contribution >= 0.6 is 0 Å². The van der Waals surface area contributed by atoms with Crippen molar-refractivity contribution in [2.75, 3.05) is 39.5 Å². The first-order valence-corrected chi connectivity index (χ1v) is 8.11. The Hall–Kier alpha value is -0.970. The molecule has 0 aromatic carbocycles. The summed E-state index contributed by atoms with van der Waals surface area (Å²) in [6, 6.07) is 4.22. The second kappa shape index (κ2) is 5.67. The Morgan fingerprint density at radius 1 is 1.33 bits per heavy atom.